The van der Waals surface area contributed by atoms with E-state index in [1.54, 1.807) is 0 Å². The van der Waals surface area contributed by atoms with Crippen molar-refractivity contribution in [1.29, 1.82) is 0 Å². The third-order valence-electron chi connectivity index (χ3n) is 6.86. The molecule has 2 heteroatoms. The van der Waals surface area contributed by atoms with Crippen molar-refractivity contribution in [3.05, 3.63) is 90.1 Å². The molecular weight excluding hydrogens is 390 g/mol. The van der Waals surface area contributed by atoms with Crippen LogP contribution in [0.4, 0.5) is 0 Å². The largest absolute Gasteiger partial charge is 0.456 e. The molecule has 4 aromatic carbocycles. The van der Waals surface area contributed by atoms with Gasteiger partial charge in [-0.15, -0.1) is 0 Å². The number of nitrogens with zero attached hydrogens (tertiary/aromatic N) is 1. The molecule has 2 aromatic heterocycles. The van der Waals surface area contributed by atoms with E-state index in [1.165, 1.54) is 54.7 Å². The summed E-state index contributed by atoms with van der Waals surface area (Å²) < 4.78 is 8.67. The number of furan rings is 1. The first-order valence-corrected chi connectivity index (χ1v) is 11.3. The van der Waals surface area contributed by atoms with E-state index in [-0.39, 0.29) is 0 Å². The predicted molar refractivity (Wildman–Crippen MR) is 134 cm³/mol. The van der Waals surface area contributed by atoms with Crippen molar-refractivity contribution in [2.45, 2.75) is 26.7 Å². The third kappa shape index (κ3) is 2.69. The van der Waals surface area contributed by atoms with Gasteiger partial charge in [0.05, 0.1) is 10.9 Å². The first-order valence-electron chi connectivity index (χ1n) is 11.3. The number of pyridine rings is 1. The van der Waals surface area contributed by atoms with Gasteiger partial charge in [0.25, 0.3) is 0 Å². The van der Waals surface area contributed by atoms with Gasteiger partial charge < -0.3 is 4.42 Å². The average molecular weight is 417 g/mol. The highest BCUT2D eigenvalue weighted by Gasteiger charge is 2.21. The van der Waals surface area contributed by atoms with E-state index in [1.807, 2.05) is 0 Å². The van der Waals surface area contributed by atoms with Gasteiger partial charge in [-0.1, -0.05) is 56.3 Å². The summed E-state index contributed by atoms with van der Waals surface area (Å²) in [6.07, 6.45) is 2.16. The lowest BCUT2D eigenvalue weighted by atomic mass is 9.94. The van der Waals surface area contributed by atoms with Gasteiger partial charge in [0, 0.05) is 22.4 Å². The monoisotopic (exact) mass is 416 g/mol. The summed E-state index contributed by atoms with van der Waals surface area (Å²) in [5.41, 5.74) is 6.91. The van der Waals surface area contributed by atoms with E-state index >= 15 is 0 Å². The van der Waals surface area contributed by atoms with Crippen molar-refractivity contribution in [2.75, 3.05) is 0 Å². The summed E-state index contributed by atoms with van der Waals surface area (Å²) in [6.45, 7) is 6.67. The van der Waals surface area contributed by atoms with Crippen LogP contribution in [0, 0.1) is 6.92 Å². The zero-order valence-electron chi connectivity index (χ0n) is 18.9. The Morgan fingerprint density at radius 1 is 0.781 bits per heavy atom. The zero-order chi connectivity index (χ0) is 22.0. The smallest absolute Gasteiger partial charge is 0.220 e. The lowest BCUT2D eigenvalue weighted by Crippen LogP contribution is -2.30. The molecule has 2 nitrogen and oxygen atoms in total. The van der Waals surface area contributed by atoms with Gasteiger partial charge in [-0.3, -0.25) is 0 Å². The summed E-state index contributed by atoms with van der Waals surface area (Å²) in [4.78, 5) is 0. The molecule has 0 saturated carbocycles. The molecule has 0 fully saturated rings. The number of aromatic nitrogens is 1. The molecule has 156 valence electrons. The maximum Gasteiger partial charge on any atom is 0.220 e. The summed E-state index contributed by atoms with van der Waals surface area (Å²) in [7, 11) is 2.13. The molecule has 0 atom stereocenters. The fourth-order valence-electron chi connectivity index (χ4n) is 5.09. The maximum atomic E-state index is 6.45. The second-order valence-corrected chi connectivity index (χ2v) is 9.15. The lowest BCUT2D eigenvalue weighted by molar-refractivity contribution is -0.659. The Balaban J connectivity index is 1.66. The van der Waals surface area contributed by atoms with Gasteiger partial charge in [0.15, 0.2) is 6.20 Å². The molecule has 6 rings (SSSR count). The molecule has 0 N–H and O–H groups in total. The van der Waals surface area contributed by atoms with Gasteiger partial charge in [-0.05, 0) is 58.8 Å². The molecule has 6 aromatic rings. The van der Waals surface area contributed by atoms with Crippen LogP contribution >= 0.6 is 0 Å². The first kappa shape index (κ1) is 19.1. The second-order valence-electron chi connectivity index (χ2n) is 9.15. The number of rotatable bonds is 2. The number of hydrogen-bond acceptors (Lipinski definition) is 1. The minimum absolute atomic E-state index is 0.514. The second kappa shape index (κ2) is 6.93. The van der Waals surface area contributed by atoms with Gasteiger partial charge in [0.2, 0.25) is 5.69 Å². The average Bonchev–Trinajstić information content (AvgIpc) is 3.20. The van der Waals surface area contributed by atoms with Crippen LogP contribution in [0.3, 0.4) is 0 Å². The van der Waals surface area contributed by atoms with E-state index in [0.717, 1.165) is 11.2 Å². The van der Waals surface area contributed by atoms with E-state index in [9.17, 15) is 0 Å². The van der Waals surface area contributed by atoms with E-state index < -0.39 is 0 Å². The number of hydrogen-bond donors (Lipinski definition) is 0. The van der Waals surface area contributed by atoms with Crippen molar-refractivity contribution in [2.24, 2.45) is 7.05 Å². The Labute approximate surface area is 187 Å². The molecule has 0 radical (unpaired) electrons. The third-order valence-corrected chi connectivity index (χ3v) is 6.86. The fraction of sp³-hybridized carbons (Fsp3) is 0.167. The Bertz CT molecular complexity index is 1670. The van der Waals surface area contributed by atoms with Crippen LogP contribution < -0.4 is 4.57 Å². The lowest BCUT2D eigenvalue weighted by Gasteiger charge is -2.11. The molecule has 0 bridgehead atoms. The van der Waals surface area contributed by atoms with Crippen LogP contribution in [-0.4, -0.2) is 0 Å². The van der Waals surface area contributed by atoms with Crippen LogP contribution in [0.5, 0.6) is 0 Å². The highest BCUT2D eigenvalue weighted by molar-refractivity contribution is 6.19. The topological polar surface area (TPSA) is 17.0 Å². The van der Waals surface area contributed by atoms with Crippen LogP contribution in [-0.2, 0) is 7.05 Å². The molecule has 2 heterocycles. The van der Waals surface area contributed by atoms with E-state index in [2.05, 4.69) is 111 Å². The molecule has 0 saturated heterocycles. The van der Waals surface area contributed by atoms with Crippen molar-refractivity contribution >= 4 is 43.5 Å². The Morgan fingerprint density at radius 3 is 2.44 bits per heavy atom. The number of fused-ring (bicyclic) bond motifs is 6. The molecular formula is C30H26NO+. The summed E-state index contributed by atoms with van der Waals surface area (Å²) in [6, 6.07) is 26.4. The molecule has 0 unspecified atom stereocenters. The summed E-state index contributed by atoms with van der Waals surface area (Å²) in [5, 5.41) is 7.42. The molecule has 0 aliphatic heterocycles. The predicted octanol–water partition coefficient (Wildman–Crippen LogP) is 7.82. The number of aryl methyl sites for hydroxylation is 2. The van der Waals surface area contributed by atoms with Crippen molar-refractivity contribution < 1.29 is 8.98 Å². The first-order chi connectivity index (χ1) is 15.5. The Morgan fingerprint density at radius 2 is 1.59 bits per heavy atom. The molecule has 0 amide bonds. The van der Waals surface area contributed by atoms with Gasteiger partial charge in [-0.25, -0.2) is 4.57 Å². The van der Waals surface area contributed by atoms with Crippen molar-refractivity contribution in [3.63, 3.8) is 0 Å². The van der Waals surface area contributed by atoms with Crippen molar-refractivity contribution in [3.8, 4) is 11.3 Å². The van der Waals surface area contributed by atoms with Crippen molar-refractivity contribution in [1.82, 2.24) is 0 Å². The molecule has 32 heavy (non-hydrogen) atoms. The zero-order valence-corrected chi connectivity index (χ0v) is 18.9. The standard InChI is InChI=1S/C30H26NO/c1-18(2)21-9-11-25-22(17-21)15-16-31(4)29(25)23-12-13-26-28-24-8-6-5-7-20(24)10-14-27(28)32-30(26)19(23)3/h5-18H,1-4H3/q+1. The minimum Gasteiger partial charge on any atom is -0.456 e. The summed E-state index contributed by atoms with van der Waals surface area (Å²) in [5.74, 6) is 0.514. The van der Waals surface area contributed by atoms with E-state index in [4.69, 9.17) is 4.42 Å². The maximum absolute atomic E-state index is 6.45. The molecule has 0 spiro atoms. The Kier molecular flexibility index (Phi) is 4.13. The molecule has 0 aliphatic rings. The normalized spacial score (nSPS) is 12.0. The Hall–Kier alpha value is -3.65. The highest BCUT2D eigenvalue weighted by atomic mass is 16.3. The van der Waals surface area contributed by atoms with Gasteiger partial charge in [0.1, 0.15) is 18.2 Å². The van der Waals surface area contributed by atoms with Crippen LogP contribution in [0.25, 0.3) is 54.7 Å². The minimum atomic E-state index is 0.514. The molecule has 0 aliphatic carbocycles. The fourth-order valence-corrected chi connectivity index (χ4v) is 5.09. The number of benzene rings is 4. The van der Waals surface area contributed by atoms with Gasteiger partial charge >= 0.3 is 0 Å². The highest BCUT2D eigenvalue weighted by Crippen LogP contribution is 2.39. The van der Waals surface area contributed by atoms with Gasteiger partial charge in [-0.2, -0.15) is 0 Å². The van der Waals surface area contributed by atoms with Crippen LogP contribution in [0.2, 0.25) is 0 Å². The van der Waals surface area contributed by atoms with Crippen LogP contribution in [0.15, 0.2) is 83.4 Å². The SMILES string of the molecule is Cc1c(-c2c3ccc(C(C)C)cc3cc[n+]2C)ccc2c1oc1ccc3ccccc3c12. The van der Waals surface area contributed by atoms with Crippen LogP contribution in [0.1, 0.15) is 30.9 Å². The van der Waals surface area contributed by atoms with E-state index in [0.29, 0.717) is 5.92 Å². The summed E-state index contributed by atoms with van der Waals surface area (Å²) >= 11 is 0. The quantitative estimate of drug-likeness (QED) is 0.263.